The van der Waals surface area contributed by atoms with Gasteiger partial charge < -0.3 is 16.0 Å². The Kier molecular flexibility index (Phi) is 5.95. The molecule has 0 aliphatic rings. The number of carbonyl (C=O) groups excluding carboxylic acids is 2. The van der Waals surface area contributed by atoms with Gasteiger partial charge in [0, 0.05) is 23.5 Å². The molecular formula is C19H23N3O2. The highest BCUT2D eigenvalue weighted by Crippen LogP contribution is 2.18. The van der Waals surface area contributed by atoms with Crippen LogP contribution in [-0.4, -0.2) is 24.9 Å². The first-order valence-electron chi connectivity index (χ1n) is 7.99. The van der Waals surface area contributed by atoms with E-state index in [9.17, 15) is 9.59 Å². The predicted octanol–water partition coefficient (Wildman–Crippen LogP) is 3.10. The quantitative estimate of drug-likeness (QED) is 0.764. The molecule has 2 rings (SSSR count). The second kappa shape index (κ2) is 8.15. The second-order valence-electron chi connectivity index (χ2n) is 5.59. The number of aryl methyl sites for hydroxylation is 1. The van der Waals surface area contributed by atoms with Gasteiger partial charge in [-0.15, -0.1) is 0 Å². The molecule has 0 saturated carbocycles. The fraction of sp³-hybridized carbons (Fsp3) is 0.263. The Balaban J connectivity index is 1.95. The maximum absolute atomic E-state index is 12.1. The van der Waals surface area contributed by atoms with Gasteiger partial charge in [-0.25, -0.2) is 0 Å². The summed E-state index contributed by atoms with van der Waals surface area (Å²) in [6.45, 7) is 6.57. The first-order valence-corrected chi connectivity index (χ1v) is 7.99. The molecule has 5 nitrogen and oxygen atoms in total. The summed E-state index contributed by atoms with van der Waals surface area (Å²) in [5.74, 6) is -0.256. The van der Waals surface area contributed by atoms with Crippen molar-refractivity contribution in [3.63, 3.8) is 0 Å². The molecule has 0 bridgehead atoms. The lowest BCUT2D eigenvalue weighted by atomic mass is 10.1. The third-order valence-corrected chi connectivity index (χ3v) is 3.79. The lowest BCUT2D eigenvalue weighted by molar-refractivity contribution is -0.114. The van der Waals surface area contributed by atoms with Crippen LogP contribution in [0.25, 0.3) is 0 Å². The number of rotatable bonds is 6. The molecule has 0 aromatic heterocycles. The fourth-order valence-corrected chi connectivity index (χ4v) is 2.30. The lowest BCUT2D eigenvalue weighted by Crippen LogP contribution is -2.24. The van der Waals surface area contributed by atoms with Gasteiger partial charge in [0.1, 0.15) is 0 Å². The summed E-state index contributed by atoms with van der Waals surface area (Å²) in [7, 11) is 0. The Hall–Kier alpha value is -2.82. The number of hydrogen-bond donors (Lipinski definition) is 3. The van der Waals surface area contributed by atoms with E-state index in [1.165, 1.54) is 0 Å². The molecule has 0 spiro atoms. The van der Waals surface area contributed by atoms with Crippen LogP contribution in [0.2, 0.25) is 0 Å². The van der Waals surface area contributed by atoms with E-state index in [0.29, 0.717) is 12.1 Å². The SMILES string of the molecule is CCNC(=O)c1cccc(NCC(=O)Nc2cccc(C)c2C)c1. The van der Waals surface area contributed by atoms with Crippen LogP contribution in [0.5, 0.6) is 0 Å². The molecule has 0 unspecified atom stereocenters. The molecule has 0 saturated heterocycles. The van der Waals surface area contributed by atoms with E-state index in [-0.39, 0.29) is 18.4 Å². The number of anilines is 2. The maximum Gasteiger partial charge on any atom is 0.251 e. The first-order chi connectivity index (χ1) is 11.5. The van der Waals surface area contributed by atoms with Crippen LogP contribution in [-0.2, 0) is 4.79 Å². The Bertz CT molecular complexity index is 741. The zero-order valence-corrected chi connectivity index (χ0v) is 14.3. The average Bonchev–Trinajstić information content (AvgIpc) is 2.58. The summed E-state index contributed by atoms with van der Waals surface area (Å²) in [4.78, 5) is 23.9. The Labute approximate surface area is 142 Å². The highest BCUT2D eigenvalue weighted by molar-refractivity contribution is 5.96. The molecule has 24 heavy (non-hydrogen) atoms. The zero-order chi connectivity index (χ0) is 17.5. The number of nitrogens with one attached hydrogen (secondary N) is 3. The summed E-state index contributed by atoms with van der Waals surface area (Å²) >= 11 is 0. The van der Waals surface area contributed by atoms with E-state index >= 15 is 0 Å². The van der Waals surface area contributed by atoms with Crippen molar-refractivity contribution in [2.45, 2.75) is 20.8 Å². The summed E-state index contributed by atoms with van der Waals surface area (Å²) in [6, 6.07) is 12.9. The molecule has 0 aliphatic carbocycles. The molecule has 2 amide bonds. The number of carbonyl (C=O) groups is 2. The molecule has 3 N–H and O–H groups in total. The van der Waals surface area contributed by atoms with Crippen molar-refractivity contribution in [1.29, 1.82) is 0 Å². The highest BCUT2D eigenvalue weighted by Gasteiger charge is 2.08. The molecule has 126 valence electrons. The Morgan fingerprint density at radius 1 is 1.04 bits per heavy atom. The molecule has 0 radical (unpaired) electrons. The minimum Gasteiger partial charge on any atom is -0.376 e. The topological polar surface area (TPSA) is 70.2 Å². The summed E-state index contributed by atoms with van der Waals surface area (Å²) in [5, 5.41) is 8.69. The first kappa shape index (κ1) is 17.5. The van der Waals surface area contributed by atoms with Crippen molar-refractivity contribution in [3.8, 4) is 0 Å². The van der Waals surface area contributed by atoms with Gasteiger partial charge in [0.25, 0.3) is 5.91 Å². The van der Waals surface area contributed by atoms with Crippen LogP contribution in [0, 0.1) is 13.8 Å². The standard InChI is InChI=1S/C19H23N3O2/c1-4-20-19(24)15-8-6-9-16(11-15)21-12-18(23)22-17-10-5-7-13(2)14(17)3/h5-11,21H,4,12H2,1-3H3,(H,20,24)(H,22,23). The van der Waals surface area contributed by atoms with Crippen LogP contribution < -0.4 is 16.0 Å². The molecular weight excluding hydrogens is 302 g/mol. The van der Waals surface area contributed by atoms with Gasteiger partial charge >= 0.3 is 0 Å². The molecule has 5 heteroatoms. The predicted molar refractivity (Wildman–Crippen MR) is 97.5 cm³/mol. The van der Waals surface area contributed by atoms with Crippen molar-refractivity contribution >= 4 is 23.2 Å². The maximum atomic E-state index is 12.1. The molecule has 0 heterocycles. The van der Waals surface area contributed by atoms with Crippen LogP contribution in [0.15, 0.2) is 42.5 Å². The van der Waals surface area contributed by atoms with Crippen molar-refractivity contribution in [2.24, 2.45) is 0 Å². The Morgan fingerprint density at radius 3 is 2.54 bits per heavy atom. The Morgan fingerprint density at radius 2 is 1.79 bits per heavy atom. The monoisotopic (exact) mass is 325 g/mol. The van der Waals surface area contributed by atoms with Crippen molar-refractivity contribution in [1.82, 2.24) is 5.32 Å². The van der Waals surface area contributed by atoms with E-state index in [1.807, 2.05) is 45.0 Å². The van der Waals surface area contributed by atoms with Gasteiger partial charge in [-0.3, -0.25) is 9.59 Å². The summed E-state index contributed by atoms with van der Waals surface area (Å²) in [6.07, 6.45) is 0. The van der Waals surface area contributed by atoms with Crippen LogP contribution >= 0.6 is 0 Å². The number of benzene rings is 2. The highest BCUT2D eigenvalue weighted by atomic mass is 16.2. The largest absolute Gasteiger partial charge is 0.376 e. The van der Waals surface area contributed by atoms with Gasteiger partial charge in [0.15, 0.2) is 0 Å². The second-order valence-corrected chi connectivity index (χ2v) is 5.59. The van der Waals surface area contributed by atoms with E-state index in [0.717, 1.165) is 22.5 Å². The molecule has 0 fully saturated rings. The molecule has 2 aromatic rings. The van der Waals surface area contributed by atoms with E-state index < -0.39 is 0 Å². The van der Waals surface area contributed by atoms with Crippen molar-refractivity contribution < 1.29 is 9.59 Å². The minimum absolute atomic E-state index is 0.124. The molecule has 0 atom stereocenters. The third kappa shape index (κ3) is 4.59. The van der Waals surface area contributed by atoms with E-state index in [2.05, 4.69) is 16.0 Å². The van der Waals surface area contributed by atoms with Crippen molar-refractivity contribution in [2.75, 3.05) is 23.7 Å². The zero-order valence-electron chi connectivity index (χ0n) is 14.3. The van der Waals surface area contributed by atoms with E-state index in [1.54, 1.807) is 18.2 Å². The minimum atomic E-state index is -0.132. The van der Waals surface area contributed by atoms with Gasteiger partial charge in [0.05, 0.1) is 6.54 Å². The summed E-state index contributed by atoms with van der Waals surface area (Å²) in [5.41, 5.74) is 4.31. The van der Waals surface area contributed by atoms with Crippen LogP contribution in [0.4, 0.5) is 11.4 Å². The van der Waals surface area contributed by atoms with Gasteiger partial charge in [-0.1, -0.05) is 18.2 Å². The van der Waals surface area contributed by atoms with Gasteiger partial charge in [-0.05, 0) is 56.2 Å². The number of hydrogen-bond acceptors (Lipinski definition) is 3. The molecule has 0 aliphatic heterocycles. The lowest BCUT2D eigenvalue weighted by Gasteiger charge is -2.12. The van der Waals surface area contributed by atoms with Gasteiger partial charge in [0.2, 0.25) is 5.91 Å². The number of amides is 2. The normalized spacial score (nSPS) is 10.1. The van der Waals surface area contributed by atoms with E-state index in [4.69, 9.17) is 0 Å². The van der Waals surface area contributed by atoms with Crippen LogP contribution in [0.3, 0.4) is 0 Å². The average molecular weight is 325 g/mol. The fourth-order valence-electron chi connectivity index (χ4n) is 2.30. The van der Waals surface area contributed by atoms with Crippen molar-refractivity contribution in [3.05, 3.63) is 59.2 Å². The smallest absolute Gasteiger partial charge is 0.251 e. The molecule has 2 aromatic carbocycles. The van der Waals surface area contributed by atoms with Gasteiger partial charge in [-0.2, -0.15) is 0 Å². The third-order valence-electron chi connectivity index (χ3n) is 3.79. The summed E-state index contributed by atoms with van der Waals surface area (Å²) < 4.78 is 0. The van der Waals surface area contributed by atoms with Crippen LogP contribution in [0.1, 0.15) is 28.4 Å².